The van der Waals surface area contributed by atoms with Gasteiger partial charge in [0.25, 0.3) is 0 Å². The number of aromatic nitrogens is 5. The van der Waals surface area contributed by atoms with Crippen molar-refractivity contribution in [3.05, 3.63) is 30.4 Å². The molecule has 2 aromatic heterocycles. The van der Waals surface area contributed by atoms with Crippen molar-refractivity contribution < 1.29 is 5.11 Å². The zero-order valence-corrected chi connectivity index (χ0v) is 8.46. The highest BCUT2D eigenvalue weighted by Crippen LogP contribution is 2.13. The fourth-order valence-electron chi connectivity index (χ4n) is 1.42. The van der Waals surface area contributed by atoms with Gasteiger partial charge in [0.15, 0.2) is 5.82 Å². The van der Waals surface area contributed by atoms with E-state index >= 15 is 0 Å². The monoisotopic (exact) mass is 207 g/mol. The Morgan fingerprint density at radius 1 is 1.53 bits per heavy atom. The second-order valence-electron chi connectivity index (χ2n) is 3.38. The molecule has 15 heavy (non-hydrogen) atoms. The van der Waals surface area contributed by atoms with Crippen LogP contribution in [0.25, 0.3) is 0 Å². The van der Waals surface area contributed by atoms with Crippen molar-refractivity contribution in [1.29, 1.82) is 0 Å². The van der Waals surface area contributed by atoms with Gasteiger partial charge in [0.2, 0.25) is 0 Å². The molecule has 80 valence electrons. The summed E-state index contributed by atoms with van der Waals surface area (Å²) in [6.45, 7) is 0. The van der Waals surface area contributed by atoms with Gasteiger partial charge >= 0.3 is 0 Å². The predicted octanol–water partition coefficient (Wildman–Crippen LogP) is 0.204. The minimum absolute atomic E-state index is 0.504. The molecule has 0 radical (unpaired) electrons. The van der Waals surface area contributed by atoms with Crippen molar-refractivity contribution in [2.75, 3.05) is 0 Å². The number of H-pyrrole nitrogens is 1. The molecule has 0 aliphatic carbocycles. The molecule has 0 saturated carbocycles. The molecular formula is C9H13N5O. The van der Waals surface area contributed by atoms with E-state index in [0.717, 1.165) is 5.82 Å². The summed E-state index contributed by atoms with van der Waals surface area (Å²) in [4.78, 5) is 8.07. The van der Waals surface area contributed by atoms with E-state index in [2.05, 4.69) is 20.2 Å². The van der Waals surface area contributed by atoms with Crippen LogP contribution in [-0.4, -0.2) is 29.8 Å². The van der Waals surface area contributed by atoms with Gasteiger partial charge in [-0.25, -0.2) is 9.97 Å². The second kappa shape index (κ2) is 4.22. The van der Waals surface area contributed by atoms with Gasteiger partial charge in [0.05, 0.1) is 0 Å². The summed E-state index contributed by atoms with van der Waals surface area (Å²) in [7, 11) is 1.93. The van der Waals surface area contributed by atoms with E-state index in [-0.39, 0.29) is 0 Å². The topological polar surface area (TPSA) is 79.6 Å². The molecule has 2 N–H and O–H groups in total. The summed E-state index contributed by atoms with van der Waals surface area (Å²) >= 11 is 0. The van der Waals surface area contributed by atoms with Crippen LogP contribution in [-0.2, 0) is 13.5 Å². The first-order valence-electron chi connectivity index (χ1n) is 4.77. The smallest absolute Gasteiger partial charge is 0.153 e. The van der Waals surface area contributed by atoms with Gasteiger partial charge in [0.1, 0.15) is 18.3 Å². The molecule has 2 rings (SSSR count). The summed E-state index contributed by atoms with van der Waals surface area (Å²) in [6.07, 6.45) is 5.71. The summed E-state index contributed by atoms with van der Waals surface area (Å²) in [6, 6.07) is 0. The van der Waals surface area contributed by atoms with Crippen LogP contribution >= 0.6 is 0 Å². The lowest BCUT2D eigenvalue weighted by Crippen LogP contribution is -2.05. The minimum atomic E-state index is -0.607. The Labute approximate surface area is 87.0 Å². The van der Waals surface area contributed by atoms with E-state index in [1.54, 1.807) is 6.20 Å². The standard InChI is InChI=1S/C9H13N5O/c1-14-5-4-10-8(14)3-2-7(15)9-11-6-12-13-9/h4-7,15H,2-3H2,1H3,(H,11,12,13). The average Bonchev–Trinajstić information content (AvgIpc) is 2.85. The molecule has 0 bridgehead atoms. The lowest BCUT2D eigenvalue weighted by molar-refractivity contribution is 0.157. The normalized spacial score (nSPS) is 12.9. The maximum atomic E-state index is 9.73. The molecule has 0 spiro atoms. The van der Waals surface area contributed by atoms with Crippen LogP contribution < -0.4 is 0 Å². The number of hydrogen-bond donors (Lipinski definition) is 2. The van der Waals surface area contributed by atoms with Crippen LogP contribution in [0.2, 0.25) is 0 Å². The predicted molar refractivity (Wildman–Crippen MR) is 52.9 cm³/mol. The van der Waals surface area contributed by atoms with Crippen LogP contribution in [0, 0.1) is 0 Å². The van der Waals surface area contributed by atoms with Crippen molar-refractivity contribution in [3.8, 4) is 0 Å². The lowest BCUT2D eigenvalue weighted by Gasteiger charge is -2.06. The molecule has 0 fully saturated rings. The Bertz CT molecular complexity index is 408. The molecule has 1 atom stereocenters. The third-order valence-electron chi connectivity index (χ3n) is 2.31. The zero-order chi connectivity index (χ0) is 10.7. The Balaban J connectivity index is 1.91. The first kappa shape index (κ1) is 9.85. The largest absolute Gasteiger partial charge is 0.385 e. The van der Waals surface area contributed by atoms with E-state index in [0.29, 0.717) is 18.7 Å². The van der Waals surface area contributed by atoms with E-state index in [1.165, 1.54) is 6.33 Å². The summed E-state index contributed by atoms with van der Waals surface area (Å²) in [5.41, 5.74) is 0. The van der Waals surface area contributed by atoms with Crippen molar-refractivity contribution in [2.24, 2.45) is 7.05 Å². The fourth-order valence-corrected chi connectivity index (χ4v) is 1.42. The Kier molecular flexibility index (Phi) is 2.77. The summed E-state index contributed by atoms with van der Waals surface area (Å²) in [5, 5.41) is 16.1. The number of imidazole rings is 1. The van der Waals surface area contributed by atoms with Gasteiger partial charge in [-0.15, -0.1) is 0 Å². The number of nitrogens with zero attached hydrogens (tertiary/aromatic N) is 4. The Morgan fingerprint density at radius 3 is 3.00 bits per heavy atom. The van der Waals surface area contributed by atoms with Crippen LogP contribution in [0.5, 0.6) is 0 Å². The second-order valence-corrected chi connectivity index (χ2v) is 3.38. The third-order valence-corrected chi connectivity index (χ3v) is 2.31. The van der Waals surface area contributed by atoms with Crippen molar-refractivity contribution in [3.63, 3.8) is 0 Å². The SMILES string of the molecule is Cn1ccnc1CCC(O)c1ncn[nH]1. The number of aliphatic hydroxyl groups is 1. The molecule has 0 amide bonds. The van der Waals surface area contributed by atoms with Gasteiger partial charge in [-0.3, -0.25) is 5.10 Å². The number of aryl methyl sites for hydroxylation is 2. The van der Waals surface area contributed by atoms with E-state index in [4.69, 9.17) is 0 Å². The molecule has 2 aromatic rings. The number of hydrogen-bond acceptors (Lipinski definition) is 4. The van der Waals surface area contributed by atoms with Gasteiger partial charge in [-0.1, -0.05) is 0 Å². The molecule has 2 heterocycles. The highest BCUT2D eigenvalue weighted by molar-refractivity contribution is 4.94. The Morgan fingerprint density at radius 2 is 2.40 bits per heavy atom. The van der Waals surface area contributed by atoms with Gasteiger partial charge < -0.3 is 9.67 Å². The minimum Gasteiger partial charge on any atom is -0.385 e. The summed E-state index contributed by atoms with van der Waals surface area (Å²) in [5.74, 6) is 1.46. The molecule has 0 aliphatic heterocycles. The first-order valence-corrected chi connectivity index (χ1v) is 4.77. The molecule has 0 saturated heterocycles. The van der Waals surface area contributed by atoms with E-state index in [9.17, 15) is 5.11 Å². The lowest BCUT2D eigenvalue weighted by atomic mass is 10.2. The molecule has 0 aliphatic rings. The molecule has 1 unspecified atom stereocenters. The number of rotatable bonds is 4. The van der Waals surface area contributed by atoms with Crippen molar-refractivity contribution in [1.82, 2.24) is 24.7 Å². The van der Waals surface area contributed by atoms with Gasteiger partial charge in [-0.05, 0) is 6.42 Å². The molecular weight excluding hydrogens is 194 g/mol. The maximum Gasteiger partial charge on any atom is 0.153 e. The molecule has 0 aromatic carbocycles. The quantitative estimate of drug-likeness (QED) is 0.750. The zero-order valence-electron chi connectivity index (χ0n) is 8.46. The maximum absolute atomic E-state index is 9.73. The van der Waals surface area contributed by atoms with E-state index < -0.39 is 6.10 Å². The third kappa shape index (κ3) is 2.21. The van der Waals surface area contributed by atoms with Crippen molar-refractivity contribution >= 4 is 0 Å². The summed E-state index contributed by atoms with van der Waals surface area (Å²) < 4.78 is 1.94. The number of aromatic amines is 1. The van der Waals surface area contributed by atoms with Gasteiger partial charge in [0, 0.05) is 25.9 Å². The number of aliphatic hydroxyl groups excluding tert-OH is 1. The fraction of sp³-hybridized carbons (Fsp3) is 0.444. The van der Waals surface area contributed by atoms with Crippen LogP contribution in [0.15, 0.2) is 18.7 Å². The van der Waals surface area contributed by atoms with Crippen LogP contribution in [0.1, 0.15) is 24.2 Å². The first-order chi connectivity index (χ1) is 7.27. The van der Waals surface area contributed by atoms with E-state index in [1.807, 2.05) is 17.8 Å². The highest BCUT2D eigenvalue weighted by Gasteiger charge is 2.11. The highest BCUT2D eigenvalue weighted by atomic mass is 16.3. The van der Waals surface area contributed by atoms with Crippen LogP contribution in [0.4, 0.5) is 0 Å². The Hall–Kier alpha value is -1.69. The molecule has 6 nitrogen and oxygen atoms in total. The average molecular weight is 207 g/mol. The molecule has 6 heteroatoms. The van der Waals surface area contributed by atoms with Gasteiger partial charge in [-0.2, -0.15) is 5.10 Å². The van der Waals surface area contributed by atoms with Crippen molar-refractivity contribution in [2.45, 2.75) is 18.9 Å². The van der Waals surface area contributed by atoms with Crippen LogP contribution in [0.3, 0.4) is 0 Å². The number of nitrogens with one attached hydrogen (secondary N) is 1.